The highest BCUT2D eigenvalue weighted by molar-refractivity contribution is 7.09. The Balaban J connectivity index is 1.43. The number of carbonyl (C=O) groups is 3. The van der Waals surface area contributed by atoms with Gasteiger partial charge in [-0.15, -0.1) is 11.3 Å². The molecule has 31 heavy (non-hydrogen) atoms. The van der Waals surface area contributed by atoms with Crippen LogP contribution in [0.15, 0.2) is 41.8 Å². The Morgan fingerprint density at radius 2 is 2.10 bits per heavy atom. The second-order valence-corrected chi connectivity index (χ2v) is 8.54. The molecule has 2 aliphatic rings. The lowest BCUT2D eigenvalue weighted by atomic mass is 10.2. The number of thiophene rings is 1. The fraction of sp³-hybridized carbons (Fsp3) is 0.409. The summed E-state index contributed by atoms with van der Waals surface area (Å²) in [7, 11) is 0. The van der Waals surface area contributed by atoms with E-state index in [-0.39, 0.29) is 43.5 Å². The molecule has 1 aromatic heterocycles. The van der Waals surface area contributed by atoms with Crippen LogP contribution >= 0.6 is 11.3 Å². The van der Waals surface area contributed by atoms with Crippen molar-refractivity contribution in [3.63, 3.8) is 0 Å². The second-order valence-electron chi connectivity index (χ2n) is 7.50. The lowest BCUT2D eigenvalue weighted by Crippen LogP contribution is -2.48. The number of carbonyl (C=O) groups excluding carboxylic acids is 3. The van der Waals surface area contributed by atoms with Gasteiger partial charge in [0.05, 0.1) is 24.9 Å². The summed E-state index contributed by atoms with van der Waals surface area (Å²) >= 11 is 1.52. The molecule has 0 aliphatic carbocycles. The SMILES string of the molecule is O=C(CN(Cc1cccs1)C(=O)CN1C(=O)COc2ccccc21)NC[C@@H]1CCCO1. The molecule has 0 radical (unpaired) electrons. The number of ether oxygens (including phenoxy) is 2. The lowest BCUT2D eigenvalue weighted by molar-refractivity contribution is -0.136. The van der Waals surface area contributed by atoms with Gasteiger partial charge in [0.15, 0.2) is 6.61 Å². The molecule has 0 bridgehead atoms. The van der Waals surface area contributed by atoms with Crippen molar-refractivity contribution in [2.75, 3.05) is 37.7 Å². The molecule has 4 rings (SSSR count). The smallest absolute Gasteiger partial charge is 0.265 e. The predicted octanol–water partition coefficient (Wildman–Crippen LogP) is 1.80. The molecule has 3 amide bonds. The van der Waals surface area contributed by atoms with E-state index in [1.165, 1.54) is 21.1 Å². The van der Waals surface area contributed by atoms with Crippen LogP contribution in [0.1, 0.15) is 17.7 Å². The summed E-state index contributed by atoms with van der Waals surface area (Å²) in [5.41, 5.74) is 0.561. The van der Waals surface area contributed by atoms with Crippen molar-refractivity contribution in [3.05, 3.63) is 46.7 Å². The summed E-state index contributed by atoms with van der Waals surface area (Å²) in [6, 6.07) is 10.9. The number of nitrogens with one attached hydrogen (secondary N) is 1. The van der Waals surface area contributed by atoms with Gasteiger partial charge in [0, 0.05) is 18.0 Å². The van der Waals surface area contributed by atoms with Crippen molar-refractivity contribution < 1.29 is 23.9 Å². The van der Waals surface area contributed by atoms with E-state index < -0.39 is 0 Å². The zero-order valence-electron chi connectivity index (χ0n) is 17.1. The number of fused-ring (bicyclic) bond motifs is 1. The first kappa shape index (κ1) is 21.3. The van der Waals surface area contributed by atoms with Gasteiger partial charge in [0.25, 0.3) is 5.91 Å². The van der Waals surface area contributed by atoms with Gasteiger partial charge < -0.3 is 19.7 Å². The molecule has 1 aromatic carbocycles. The zero-order valence-corrected chi connectivity index (χ0v) is 17.9. The van der Waals surface area contributed by atoms with Gasteiger partial charge in [-0.2, -0.15) is 0 Å². The van der Waals surface area contributed by atoms with E-state index in [0.29, 0.717) is 24.5 Å². The molecule has 1 fully saturated rings. The summed E-state index contributed by atoms with van der Waals surface area (Å²) < 4.78 is 11.0. The largest absolute Gasteiger partial charge is 0.482 e. The number of para-hydroxylation sites is 2. The van der Waals surface area contributed by atoms with Crippen molar-refractivity contribution in [1.82, 2.24) is 10.2 Å². The van der Waals surface area contributed by atoms with Gasteiger partial charge in [-0.3, -0.25) is 19.3 Å². The van der Waals surface area contributed by atoms with E-state index in [1.54, 1.807) is 18.2 Å². The minimum absolute atomic E-state index is 0.0351. The molecule has 1 atom stereocenters. The van der Waals surface area contributed by atoms with Crippen molar-refractivity contribution in [3.8, 4) is 5.75 Å². The molecule has 3 heterocycles. The molecule has 164 valence electrons. The average Bonchev–Trinajstić information content (AvgIpc) is 3.48. The summed E-state index contributed by atoms with van der Waals surface area (Å²) in [5, 5.41) is 4.79. The molecule has 0 saturated carbocycles. The maximum absolute atomic E-state index is 13.2. The van der Waals surface area contributed by atoms with E-state index >= 15 is 0 Å². The Morgan fingerprint density at radius 1 is 1.23 bits per heavy atom. The molecule has 2 aromatic rings. The van der Waals surface area contributed by atoms with Crippen LogP contribution in [0.4, 0.5) is 5.69 Å². The van der Waals surface area contributed by atoms with E-state index in [2.05, 4.69) is 5.32 Å². The minimum Gasteiger partial charge on any atom is -0.482 e. The Morgan fingerprint density at radius 3 is 2.87 bits per heavy atom. The van der Waals surface area contributed by atoms with Crippen LogP contribution in [0.5, 0.6) is 5.75 Å². The van der Waals surface area contributed by atoms with Gasteiger partial charge in [-0.25, -0.2) is 0 Å². The summed E-state index contributed by atoms with van der Waals surface area (Å²) in [4.78, 5) is 42.0. The molecule has 2 aliphatic heterocycles. The molecule has 1 N–H and O–H groups in total. The topological polar surface area (TPSA) is 88.2 Å². The Labute approximate surface area is 184 Å². The first-order valence-corrected chi connectivity index (χ1v) is 11.2. The average molecular weight is 444 g/mol. The first-order chi connectivity index (χ1) is 15.1. The van der Waals surface area contributed by atoms with Crippen LogP contribution < -0.4 is 15.0 Å². The number of nitrogens with zero attached hydrogens (tertiary/aromatic N) is 2. The van der Waals surface area contributed by atoms with Gasteiger partial charge >= 0.3 is 0 Å². The van der Waals surface area contributed by atoms with Crippen molar-refractivity contribution in [1.29, 1.82) is 0 Å². The van der Waals surface area contributed by atoms with Crippen LogP contribution in [-0.2, 0) is 25.7 Å². The number of benzene rings is 1. The molecule has 9 heteroatoms. The third kappa shape index (κ3) is 5.42. The Bertz CT molecular complexity index is 927. The number of anilines is 1. The highest BCUT2D eigenvalue weighted by atomic mass is 32.1. The highest BCUT2D eigenvalue weighted by Crippen LogP contribution is 2.31. The van der Waals surface area contributed by atoms with Gasteiger partial charge in [-0.1, -0.05) is 18.2 Å². The Kier molecular flexibility index (Phi) is 6.83. The highest BCUT2D eigenvalue weighted by Gasteiger charge is 2.29. The van der Waals surface area contributed by atoms with Crippen molar-refractivity contribution >= 4 is 34.7 Å². The summed E-state index contributed by atoms with van der Waals surface area (Å²) in [6.45, 7) is 1.13. The predicted molar refractivity (Wildman–Crippen MR) is 116 cm³/mol. The van der Waals surface area contributed by atoms with Crippen LogP contribution in [0.3, 0.4) is 0 Å². The maximum Gasteiger partial charge on any atom is 0.265 e. The van der Waals surface area contributed by atoms with Crippen molar-refractivity contribution in [2.24, 2.45) is 0 Å². The lowest BCUT2D eigenvalue weighted by Gasteiger charge is -2.31. The van der Waals surface area contributed by atoms with Crippen molar-refractivity contribution in [2.45, 2.75) is 25.5 Å². The molecular formula is C22H25N3O5S. The normalized spacial score (nSPS) is 17.7. The zero-order chi connectivity index (χ0) is 21.6. The van der Waals surface area contributed by atoms with Crippen LogP contribution in [0.25, 0.3) is 0 Å². The monoisotopic (exact) mass is 443 g/mol. The summed E-state index contributed by atoms with van der Waals surface area (Å²) in [6.07, 6.45) is 1.96. The molecule has 0 unspecified atom stereocenters. The quantitative estimate of drug-likeness (QED) is 0.672. The molecule has 1 saturated heterocycles. The van der Waals surface area contributed by atoms with Gasteiger partial charge in [0.2, 0.25) is 11.8 Å². The van der Waals surface area contributed by atoms with E-state index in [0.717, 1.165) is 24.3 Å². The third-order valence-corrected chi connectivity index (χ3v) is 6.13. The second kappa shape index (κ2) is 9.93. The van der Waals surface area contributed by atoms with E-state index in [1.807, 2.05) is 23.6 Å². The van der Waals surface area contributed by atoms with E-state index in [9.17, 15) is 14.4 Å². The number of hydrogen-bond donors (Lipinski definition) is 1. The summed E-state index contributed by atoms with van der Waals surface area (Å²) in [5.74, 6) is -0.264. The number of amides is 3. The number of hydrogen-bond acceptors (Lipinski definition) is 6. The molecular weight excluding hydrogens is 418 g/mol. The maximum atomic E-state index is 13.2. The van der Waals surface area contributed by atoms with Crippen LogP contribution in [-0.4, -0.2) is 61.6 Å². The fourth-order valence-corrected chi connectivity index (χ4v) is 4.37. The molecule has 0 spiro atoms. The van der Waals surface area contributed by atoms with Crippen LogP contribution in [0.2, 0.25) is 0 Å². The molecule has 8 nitrogen and oxygen atoms in total. The van der Waals surface area contributed by atoms with Crippen LogP contribution in [0, 0.1) is 0 Å². The number of rotatable bonds is 8. The Hall–Kier alpha value is -2.91. The van der Waals surface area contributed by atoms with Gasteiger partial charge in [0.1, 0.15) is 12.3 Å². The minimum atomic E-state index is -0.300. The fourth-order valence-electron chi connectivity index (χ4n) is 3.65. The standard InChI is InChI=1S/C22H25N3O5S/c26-20(23-11-16-5-3-9-29-16)13-24(12-17-6-4-10-31-17)21(27)14-25-18-7-1-2-8-19(18)30-15-22(25)28/h1-2,4,6-8,10,16H,3,5,9,11-15H2,(H,23,26)/t16-/m0/s1. The van der Waals surface area contributed by atoms with Gasteiger partial charge in [-0.05, 0) is 36.4 Å². The van der Waals surface area contributed by atoms with E-state index in [4.69, 9.17) is 9.47 Å². The third-order valence-electron chi connectivity index (χ3n) is 5.27. The first-order valence-electron chi connectivity index (χ1n) is 10.3.